The lowest BCUT2D eigenvalue weighted by Gasteiger charge is -2.26. The zero-order valence-corrected chi connectivity index (χ0v) is 10.4. The third-order valence-corrected chi connectivity index (χ3v) is 3.88. The molecule has 5 nitrogen and oxygen atoms in total. The fourth-order valence-corrected chi connectivity index (χ4v) is 1.75. The summed E-state index contributed by atoms with van der Waals surface area (Å²) in [5.74, 6) is -0.142. The molecule has 0 bridgehead atoms. The largest absolute Gasteiger partial charge is 0.450 e. The first-order valence-electron chi connectivity index (χ1n) is 5.09. The molecule has 1 saturated heterocycles. The van der Waals surface area contributed by atoms with Crippen molar-refractivity contribution in [1.82, 2.24) is 10.6 Å². The Hall–Kier alpha value is -1.04. The Morgan fingerprint density at radius 3 is 2.67 bits per heavy atom. The highest BCUT2D eigenvalue weighted by molar-refractivity contribution is 6.76. The van der Waals surface area contributed by atoms with Crippen LogP contribution in [0.2, 0.25) is 25.7 Å². The number of hydrogen-bond acceptors (Lipinski definition) is 3. The van der Waals surface area contributed by atoms with Crippen LogP contribution < -0.4 is 10.6 Å². The molecule has 0 aliphatic carbocycles. The van der Waals surface area contributed by atoms with Gasteiger partial charge in [0.05, 0.1) is 6.61 Å². The Bertz CT molecular complexity index is 263. The molecule has 2 amide bonds. The van der Waals surface area contributed by atoms with Gasteiger partial charge in [0, 0.05) is 14.6 Å². The van der Waals surface area contributed by atoms with Crippen molar-refractivity contribution in [3.63, 3.8) is 0 Å². The number of alkyl carbamates (subject to hydrolysis) is 1. The lowest BCUT2D eigenvalue weighted by molar-refractivity contribution is -0.128. The van der Waals surface area contributed by atoms with Crippen LogP contribution >= 0.6 is 0 Å². The predicted octanol–water partition coefficient (Wildman–Crippen LogP) is 0.549. The summed E-state index contributed by atoms with van der Waals surface area (Å²) in [4.78, 5) is 22.0. The molecule has 6 heteroatoms. The average Bonchev–Trinajstić information content (AvgIpc) is 2.10. The SMILES string of the molecule is C[Si](C)(C)CCOC(=O)NC1CNC1=O. The summed E-state index contributed by atoms with van der Waals surface area (Å²) in [5, 5.41) is 5.04. The number of rotatable bonds is 4. The van der Waals surface area contributed by atoms with Crippen molar-refractivity contribution in [3.05, 3.63) is 0 Å². The fraction of sp³-hybridized carbons (Fsp3) is 0.778. The van der Waals surface area contributed by atoms with Gasteiger partial charge in [0.1, 0.15) is 6.04 Å². The molecule has 1 unspecified atom stereocenters. The molecule has 86 valence electrons. The van der Waals surface area contributed by atoms with E-state index in [-0.39, 0.29) is 5.91 Å². The first kappa shape index (κ1) is 12.0. The number of carbonyl (C=O) groups excluding carboxylic acids is 2. The van der Waals surface area contributed by atoms with Crippen molar-refractivity contribution in [2.24, 2.45) is 0 Å². The van der Waals surface area contributed by atoms with Gasteiger partial charge in [-0.15, -0.1) is 0 Å². The van der Waals surface area contributed by atoms with Gasteiger partial charge in [0.25, 0.3) is 0 Å². The number of nitrogens with one attached hydrogen (secondary N) is 2. The summed E-state index contributed by atoms with van der Waals surface area (Å²) in [6, 6.07) is 0.543. The van der Waals surface area contributed by atoms with Gasteiger partial charge in [0.15, 0.2) is 0 Å². The molecule has 15 heavy (non-hydrogen) atoms. The molecule has 2 N–H and O–H groups in total. The van der Waals surface area contributed by atoms with Crippen molar-refractivity contribution in [2.45, 2.75) is 31.7 Å². The number of ether oxygens (including phenoxy) is 1. The maximum atomic E-state index is 11.2. The van der Waals surface area contributed by atoms with Crippen LogP contribution in [0.1, 0.15) is 0 Å². The fourth-order valence-electron chi connectivity index (χ4n) is 1.04. The van der Waals surface area contributed by atoms with Gasteiger partial charge in [-0.25, -0.2) is 4.79 Å². The third kappa shape index (κ3) is 4.33. The van der Waals surface area contributed by atoms with Gasteiger partial charge in [0.2, 0.25) is 5.91 Å². The van der Waals surface area contributed by atoms with E-state index in [0.29, 0.717) is 13.2 Å². The standard InChI is InChI=1S/C9H18N2O3Si/c1-15(2,3)5-4-14-9(13)11-7-6-10-8(7)12/h7H,4-6H2,1-3H3,(H,10,12)(H,11,13). The van der Waals surface area contributed by atoms with Gasteiger partial charge in [-0.05, 0) is 6.04 Å². The van der Waals surface area contributed by atoms with Gasteiger partial charge in [-0.3, -0.25) is 4.79 Å². The molecule has 0 aromatic rings. The van der Waals surface area contributed by atoms with Crippen molar-refractivity contribution < 1.29 is 14.3 Å². The summed E-state index contributed by atoms with van der Waals surface area (Å²) in [7, 11) is -1.16. The quantitative estimate of drug-likeness (QED) is 0.547. The van der Waals surface area contributed by atoms with Crippen LogP contribution in [0.5, 0.6) is 0 Å². The van der Waals surface area contributed by atoms with Crippen LogP contribution in [0.4, 0.5) is 4.79 Å². The molecular weight excluding hydrogens is 212 g/mol. The Balaban J connectivity index is 2.11. The summed E-state index contributed by atoms with van der Waals surface area (Å²) < 4.78 is 4.98. The Labute approximate surface area is 90.6 Å². The average molecular weight is 230 g/mol. The van der Waals surface area contributed by atoms with Gasteiger partial charge in [-0.2, -0.15) is 0 Å². The minimum Gasteiger partial charge on any atom is -0.450 e. The van der Waals surface area contributed by atoms with E-state index in [2.05, 4.69) is 30.3 Å². The maximum Gasteiger partial charge on any atom is 0.407 e. The summed E-state index contributed by atoms with van der Waals surface area (Å²) in [5.41, 5.74) is 0. The number of hydrogen-bond donors (Lipinski definition) is 2. The minimum absolute atomic E-state index is 0.142. The van der Waals surface area contributed by atoms with Crippen molar-refractivity contribution in [1.29, 1.82) is 0 Å². The summed E-state index contributed by atoms with van der Waals surface area (Å²) in [6.45, 7) is 7.59. The molecule has 1 aliphatic rings. The van der Waals surface area contributed by atoms with E-state index in [0.717, 1.165) is 6.04 Å². The Kier molecular flexibility index (Phi) is 3.73. The van der Waals surface area contributed by atoms with E-state index >= 15 is 0 Å². The molecule has 0 aromatic carbocycles. The zero-order valence-electron chi connectivity index (χ0n) is 9.42. The lowest BCUT2D eigenvalue weighted by Crippen LogP contribution is -2.61. The van der Waals surface area contributed by atoms with Gasteiger partial charge in [-0.1, -0.05) is 19.6 Å². The van der Waals surface area contributed by atoms with Crippen molar-refractivity contribution in [2.75, 3.05) is 13.2 Å². The molecule has 0 spiro atoms. The number of carbonyl (C=O) groups is 2. The van der Waals surface area contributed by atoms with Crippen LogP contribution in [-0.4, -0.2) is 39.3 Å². The van der Waals surface area contributed by atoms with Crippen LogP contribution in [0.25, 0.3) is 0 Å². The summed E-state index contributed by atoms with van der Waals surface area (Å²) >= 11 is 0. The number of β-lactam (4-membered cyclic amide) rings is 1. The van der Waals surface area contributed by atoms with E-state index in [4.69, 9.17) is 4.74 Å². The predicted molar refractivity (Wildman–Crippen MR) is 59.4 cm³/mol. The van der Waals surface area contributed by atoms with Crippen LogP contribution in [0, 0.1) is 0 Å². The van der Waals surface area contributed by atoms with E-state index in [1.807, 2.05) is 0 Å². The highest BCUT2D eigenvalue weighted by atomic mass is 28.3. The third-order valence-electron chi connectivity index (χ3n) is 2.17. The molecule has 1 aliphatic heterocycles. The van der Waals surface area contributed by atoms with Crippen LogP contribution in [0.3, 0.4) is 0 Å². The first-order valence-corrected chi connectivity index (χ1v) is 8.80. The normalized spacial score (nSPS) is 20.2. The van der Waals surface area contributed by atoms with Gasteiger partial charge >= 0.3 is 6.09 Å². The Morgan fingerprint density at radius 1 is 1.60 bits per heavy atom. The molecule has 0 radical (unpaired) electrons. The monoisotopic (exact) mass is 230 g/mol. The molecule has 1 heterocycles. The van der Waals surface area contributed by atoms with Crippen molar-refractivity contribution >= 4 is 20.1 Å². The second kappa shape index (κ2) is 4.65. The highest BCUT2D eigenvalue weighted by Gasteiger charge is 2.29. The van der Waals surface area contributed by atoms with E-state index in [1.54, 1.807) is 0 Å². The zero-order chi connectivity index (χ0) is 11.5. The summed E-state index contributed by atoms with van der Waals surface area (Å²) in [6.07, 6.45) is -0.492. The Morgan fingerprint density at radius 2 is 2.27 bits per heavy atom. The molecule has 1 atom stereocenters. The smallest absolute Gasteiger partial charge is 0.407 e. The van der Waals surface area contributed by atoms with Crippen molar-refractivity contribution in [3.8, 4) is 0 Å². The minimum atomic E-state index is -1.16. The lowest BCUT2D eigenvalue weighted by atomic mass is 10.2. The molecule has 1 fully saturated rings. The van der Waals surface area contributed by atoms with E-state index in [9.17, 15) is 9.59 Å². The second-order valence-electron chi connectivity index (χ2n) is 4.89. The first-order chi connectivity index (χ1) is 6.88. The molecule has 1 rings (SSSR count). The van der Waals surface area contributed by atoms with Gasteiger partial charge < -0.3 is 15.4 Å². The molecule has 0 aromatic heterocycles. The second-order valence-corrected chi connectivity index (χ2v) is 10.5. The van der Waals surface area contributed by atoms with E-state index in [1.165, 1.54) is 0 Å². The molecular formula is C9H18N2O3Si. The van der Waals surface area contributed by atoms with Crippen LogP contribution in [0.15, 0.2) is 0 Å². The maximum absolute atomic E-state index is 11.2. The van der Waals surface area contributed by atoms with Crippen LogP contribution in [-0.2, 0) is 9.53 Å². The topological polar surface area (TPSA) is 67.4 Å². The highest BCUT2D eigenvalue weighted by Crippen LogP contribution is 2.07. The molecule has 0 saturated carbocycles. The van der Waals surface area contributed by atoms with E-state index < -0.39 is 20.2 Å². The number of amides is 2.